The van der Waals surface area contributed by atoms with Crippen molar-refractivity contribution in [2.24, 2.45) is 5.11 Å². The van der Waals surface area contributed by atoms with Crippen LogP contribution in [0.5, 0.6) is 0 Å². The zero-order valence-corrected chi connectivity index (χ0v) is 29.5. The van der Waals surface area contributed by atoms with Crippen molar-refractivity contribution in [2.75, 3.05) is 13.2 Å². The van der Waals surface area contributed by atoms with E-state index in [1.807, 2.05) is 0 Å². The highest BCUT2D eigenvalue weighted by Crippen LogP contribution is 2.39. The van der Waals surface area contributed by atoms with Crippen molar-refractivity contribution in [3.63, 3.8) is 0 Å². The number of nitrogens with zero attached hydrogens (tertiary/aromatic N) is 3. The topological polar surface area (TPSA) is 112 Å². The first-order valence-corrected chi connectivity index (χ1v) is 23.1. The number of hydrogen-bond donors (Lipinski definition) is 0. The van der Waals surface area contributed by atoms with Crippen molar-refractivity contribution in [3.05, 3.63) is 10.4 Å². The largest absolute Gasteiger partial charge is 0.464 e. The highest BCUT2D eigenvalue weighted by Gasteiger charge is 2.56. The maximum atomic E-state index is 13.5. The zero-order valence-electron chi connectivity index (χ0n) is 26.5. The van der Waals surface area contributed by atoms with Gasteiger partial charge in [-0.25, -0.2) is 4.79 Å². The quantitative estimate of drug-likeness (QED) is 0.0489. The molecule has 12 heteroatoms. The fourth-order valence-electron chi connectivity index (χ4n) is 5.86. The second-order valence-corrected chi connectivity index (χ2v) is 24.9. The maximum absolute atomic E-state index is 13.5. The minimum absolute atomic E-state index is 0.0576. The highest BCUT2D eigenvalue weighted by atomic mass is 28.4. The van der Waals surface area contributed by atoms with E-state index in [9.17, 15) is 10.3 Å². The molecule has 0 bridgehead atoms. The number of carbonyl (C=O) groups is 1. The Morgan fingerprint density at radius 3 is 1.44 bits per heavy atom. The van der Waals surface area contributed by atoms with Crippen LogP contribution in [0.4, 0.5) is 0 Å². The Bertz CT molecular complexity index is 749. The van der Waals surface area contributed by atoms with Crippen LogP contribution in [0.15, 0.2) is 5.11 Å². The first-order chi connectivity index (χ1) is 18.6. The molecular weight excluding hydrogens is 547 g/mol. The number of rotatable bonds is 19. The average Bonchev–Trinajstić information content (AvgIpc) is 2.98. The van der Waals surface area contributed by atoms with Gasteiger partial charge in [0.25, 0.3) is 0 Å². The van der Waals surface area contributed by atoms with Crippen LogP contribution >= 0.6 is 0 Å². The van der Waals surface area contributed by atoms with Crippen molar-refractivity contribution < 1.29 is 27.5 Å². The molecule has 1 saturated heterocycles. The summed E-state index contributed by atoms with van der Waals surface area (Å²) in [5, 5.41) is 3.90. The van der Waals surface area contributed by atoms with E-state index < -0.39 is 61.4 Å². The standard InChI is InChI=1S/C27H57N3O6Si3/c1-11-32-27(31)26-25(36-39(18-8,19-9)20-10)24(35-38(15-5,16-6)17-7)23(22(33-26)21-29-30-28)34-37(12-2,13-3)14-4/h22-26H,11-21H2,1-10H3/t22-,23-,24+,25-,26-/m1/s1. The Morgan fingerprint density at radius 2 is 1.08 bits per heavy atom. The normalized spacial score (nSPS) is 24.3. The molecule has 1 rings (SSSR count). The molecule has 5 atom stereocenters. The van der Waals surface area contributed by atoms with Gasteiger partial charge in [-0.05, 0) is 66.9 Å². The van der Waals surface area contributed by atoms with E-state index in [2.05, 4.69) is 72.3 Å². The maximum Gasteiger partial charge on any atom is 0.338 e. The number of carbonyl (C=O) groups excluding carboxylic acids is 1. The molecule has 0 aliphatic carbocycles. The minimum Gasteiger partial charge on any atom is -0.464 e. The number of ether oxygens (including phenoxy) is 2. The Kier molecular flexibility index (Phi) is 16.1. The summed E-state index contributed by atoms with van der Waals surface area (Å²) in [6, 6.07) is 8.54. The molecule has 0 aromatic heterocycles. The molecule has 1 aliphatic rings. The fraction of sp³-hybridized carbons (Fsp3) is 0.963. The molecule has 1 heterocycles. The molecule has 0 aromatic carbocycles. The van der Waals surface area contributed by atoms with Crippen LogP contribution in [-0.4, -0.2) is 74.6 Å². The van der Waals surface area contributed by atoms with Gasteiger partial charge in [0.1, 0.15) is 12.2 Å². The van der Waals surface area contributed by atoms with Crippen LogP contribution in [-0.2, 0) is 27.5 Å². The molecule has 1 aliphatic heterocycles. The number of azide groups is 1. The molecule has 39 heavy (non-hydrogen) atoms. The van der Waals surface area contributed by atoms with Gasteiger partial charge >= 0.3 is 5.97 Å². The van der Waals surface area contributed by atoms with Crippen LogP contribution in [0.2, 0.25) is 54.4 Å². The summed E-state index contributed by atoms with van der Waals surface area (Å²) in [4.78, 5) is 16.5. The van der Waals surface area contributed by atoms with Gasteiger partial charge in [0.05, 0.1) is 25.4 Å². The number of esters is 1. The van der Waals surface area contributed by atoms with Gasteiger partial charge in [0, 0.05) is 4.91 Å². The summed E-state index contributed by atoms with van der Waals surface area (Å²) in [5.41, 5.74) is 9.22. The van der Waals surface area contributed by atoms with E-state index in [4.69, 9.17) is 22.8 Å². The van der Waals surface area contributed by atoms with Gasteiger partial charge in [-0.15, -0.1) is 0 Å². The molecule has 9 nitrogen and oxygen atoms in total. The predicted octanol–water partition coefficient (Wildman–Crippen LogP) is 7.80. The molecular formula is C27H57N3O6Si3. The van der Waals surface area contributed by atoms with E-state index in [1.54, 1.807) is 6.92 Å². The lowest BCUT2D eigenvalue weighted by atomic mass is 9.95. The predicted molar refractivity (Wildman–Crippen MR) is 166 cm³/mol. The lowest BCUT2D eigenvalue weighted by Crippen LogP contribution is -2.68. The van der Waals surface area contributed by atoms with Crippen molar-refractivity contribution in [3.8, 4) is 0 Å². The lowest BCUT2D eigenvalue weighted by Gasteiger charge is -2.52. The second-order valence-electron chi connectivity index (χ2n) is 10.7. The lowest BCUT2D eigenvalue weighted by molar-refractivity contribution is -0.218. The Balaban J connectivity index is 3.92. The monoisotopic (exact) mass is 603 g/mol. The zero-order chi connectivity index (χ0) is 29.7. The summed E-state index contributed by atoms with van der Waals surface area (Å²) in [6.07, 6.45) is -3.24. The first kappa shape index (κ1) is 36.3. The molecule has 0 amide bonds. The summed E-state index contributed by atoms with van der Waals surface area (Å²) < 4.78 is 33.7. The van der Waals surface area contributed by atoms with E-state index in [1.165, 1.54) is 0 Å². The average molecular weight is 604 g/mol. The molecule has 0 unspecified atom stereocenters. The molecule has 1 fully saturated rings. The third kappa shape index (κ3) is 8.88. The Hall–Kier alpha value is -0.729. The number of hydrogen-bond acceptors (Lipinski definition) is 7. The van der Waals surface area contributed by atoms with E-state index in [0.717, 1.165) is 54.4 Å². The van der Waals surface area contributed by atoms with Crippen LogP contribution in [0.1, 0.15) is 69.2 Å². The Morgan fingerprint density at radius 1 is 0.692 bits per heavy atom. The summed E-state index contributed by atoms with van der Waals surface area (Å²) in [7, 11) is -6.54. The van der Waals surface area contributed by atoms with Crippen molar-refractivity contribution in [1.29, 1.82) is 0 Å². The van der Waals surface area contributed by atoms with Crippen LogP contribution in [0, 0.1) is 0 Å². The molecule has 0 radical (unpaired) electrons. The van der Waals surface area contributed by atoms with Gasteiger partial charge in [-0.1, -0.05) is 67.4 Å². The summed E-state index contributed by atoms with van der Waals surface area (Å²) >= 11 is 0. The fourth-order valence-corrected chi connectivity index (χ4v) is 14.4. The highest BCUT2D eigenvalue weighted by molar-refractivity contribution is 6.74. The van der Waals surface area contributed by atoms with Gasteiger partial charge in [-0.2, -0.15) is 0 Å². The minimum atomic E-state index is -2.20. The first-order valence-electron chi connectivity index (χ1n) is 15.5. The third-order valence-corrected chi connectivity index (χ3v) is 23.3. The summed E-state index contributed by atoms with van der Waals surface area (Å²) in [6.45, 7) is 21.9. The van der Waals surface area contributed by atoms with Crippen LogP contribution in [0.25, 0.3) is 10.4 Å². The molecule has 0 aromatic rings. The smallest absolute Gasteiger partial charge is 0.338 e. The van der Waals surface area contributed by atoms with Crippen molar-refractivity contribution in [1.82, 2.24) is 0 Å². The van der Waals surface area contributed by atoms with Crippen LogP contribution in [0.3, 0.4) is 0 Å². The van der Waals surface area contributed by atoms with Gasteiger partial charge in [0.15, 0.2) is 31.1 Å². The molecule has 0 saturated carbocycles. The summed E-state index contributed by atoms with van der Waals surface area (Å²) in [5.74, 6) is -0.451. The second kappa shape index (κ2) is 17.3. The third-order valence-electron chi connectivity index (χ3n) is 9.43. The van der Waals surface area contributed by atoms with Crippen molar-refractivity contribution >= 4 is 30.9 Å². The van der Waals surface area contributed by atoms with Gasteiger partial charge < -0.3 is 22.8 Å². The van der Waals surface area contributed by atoms with E-state index in [0.29, 0.717) is 0 Å². The SMILES string of the molecule is CCOC(=O)[C@@H]1O[C@H](CN=[N+]=[N-])[C@@H](O[Si](CC)(CC)CC)[C@H](O[Si](CC)(CC)CC)[C@H]1O[Si](CC)(CC)CC. The van der Waals surface area contributed by atoms with Gasteiger partial charge in [0.2, 0.25) is 0 Å². The molecule has 0 N–H and O–H groups in total. The molecule has 0 spiro atoms. The van der Waals surface area contributed by atoms with Crippen LogP contribution < -0.4 is 0 Å². The van der Waals surface area contributed by atoms with E-state index in [-0.39, 0.29) is 13.2 Å². The molecule has 228 valence electrons. The van der Waals surface area contributed by atoms with Gasteiger partial charge in [-0.3, -0.25) is 0 Å². The van der Waals surface area contributed by atoms with E-state index >= 15 is 0 Å². The Labute approximate surface area is 241 Å². The van der Waals surface area contributed by atoms with Crippen molar-refractivity contribution in [2.45, 2.75) is 154 Å².